The van der Waals surface area contributed by atoms with E-state index in [1.807, 2.05) is 23.0 Å². The maximum absolute atomic E-state index is 15.3. The lowest BCUT2D eigenvalue weighted by atomic mass is 10.0. The molecule has 0 amide bonds. The minimum atomic E-state index is -0.465. The molecule has 2 fully saturated rings. The number of halogens is 2. The zero-order valence-electron chi connectivity index (χ0n) is 22.6. The largest absolute Gasteiger partial charge is 0.394 e. The molecule has 3 aromatic heterocycles. The molecule has 2 N–H and O–H groups in total. The third-order valence-corrected chi connectivity index (χ3v) is 8.18. The number of aryl methyl sites for hydroxylation is 1. The molecule has 11 heteroatoms. The van der Waals surface area contributed by atoms with Crippen molar-refractivity contribution in [3.8, 4) is 0 Å². The normalized spacial score (nSPS) is 18.4. The standard InChI is InChI=1S/C29H34F2N8O/c1-2-19-14-32-29(33-15-19)37-11-8-20(9-12-37)39-16-24(31)26-27(34-18-35-28(26)39)36-25-7-6-21(13-23(25)30)38-10-4-3-5-22(38)17-40/h6-7,13-16,18,20,22,40H,2-5,8-12,17H2,1H3,(H,34,35,36)/t22-/m1/s1. The lowest BCUT2D eigenvalue weighted by Crippen LogP contribution is -2.41. The molecule has 0 bridgehead atoms. The summed E-state index contributed by atoms with van der Waals surface area (Å²) in [7, 11) is 0. The number of aromatic nitrogens is 5. The first-order valence-corrected chi connectivity index (χ1v) is 14.1. The second-order valence-electron chi connectivity index (χ2n) is 10.6. The van der Waals surface area contributed by atoms with Crippen molar-refractivity contribution < 1.29 is 13.9 Å². The Hall–Kier alpha value is -3.86. The number of hydrogen-bond acceptors (Lipinski definition) is 8. The first-order valence-electron chi connectivity index (χ1n) is 14.1. The van der Waals surface area contributed by atoms with Crippen molar-refractivity contribution in [2.24, 2.45) is 0 Å². The molecule has 5 heterocycles. The van der Waals surface area contributed by atoms with E-state index in [9.17, 15) is 5.11 Å². The number of nitrogens with zero attached hydrogens (tertiary/aromatic N) is 7. The Morgan fingerprint density at radius 2 is 1.77 bits per heavy atom. The zero-order chi connectivity index (χ0) is 27.6. The molecule has 1 atom stereocenters. The van der Waals surface area contributed by atoms with Crippen molar-refractivity contribution in [1.29, 1.82) is 0 Å². The highest BCUT2D eigenvalue weighted by molar-refractivity contribution is 5.90. The van der Waals surface area contributed by atoms with E-state index in [1.165, 1.54) is 18.6 Å². The van der Waals surface area contributed by atoms with Gasteiger partial charge in [-0.05, 0) is 62.3 Å². The molecule has 2 saturated heterocycles. The number of fused-ring (bicyclic) bond motifs is 1. The SMILES string of the molecule is CCc1cnc(N2CCC(n3cc(F)c4c(Nc5ccc(N6CCCC[C@@H]6CO)cc5F)ncnc43)CC2)nc1. The van der Waals surface area contributed by atoms with Crippen LogP contribution in [0.5, 0.6) is 0 Å². The maximum atomic E-state index is 15.3. The van der Waals surface area contributed by atoms with Crippen LogP contribution in [0.2, 0.25) is 0 Å². The smallest absolute Gasteiger partial charge is 0.225 e. The summed E-state index contributed by atoms with van der Waals surface area (Å²) < 4.78 is 32.4. The maximum Gasteiger partial charge on any atom is 0.225 e. The Morgan fingerprint density at radius 3 is 2.50 bits per heavy atom. The van der Waals surface area contributed by atoms with Gasteiger partial charge in [0.15, 0.2) is 5.82 Å². The monoisotopic (exact) mass is 548 g/mol. The molecule has 2 aliphatic heterocycles. The minimum Gasteiger partial charge on any atom is -0.394 e. The molecule has 0 radical (unpaired) electrons. The van der Waals surface area contributed by atoms with Crippen LogP contribution in [0.15, 0.2) is 43.1 Å². The molecular formula is C29H34F2N8O. The summed E-state index contributed by atoms with van der Waals surface area (Å²) in [5.41, 5.74) is 2.51. The van der Waals surface area contributed by atoms with Crippen molar-refractivity contribution in [2.75, 3.05) is 41.4 Å². The highest BCUT2D eigenvalue weighted by Crippen LogP contribution is 2.34. The molecule has 9 nitrogen and oxygen atoms in total. The van der Waals surface area contributed by atoms with E-state index in [2.05, 4.69) is 42.0 Å². The molecule has 0 spiro atoms. The van der Waals surface area contributed by atoms with E-state index in [0.717, 1.165) is 69.4 Å². The first kappa shape index (κ1) is 26.4. The fourth-order valence-corrected chi connectivity index (χ4v) is 5.89. The number of aliphatic hydroxyl groups is 1. The highest BCUT2D eigenvalue weighted by Gasteiger charge is 2.27. The topological polar surface area (TPSA) is 95.2 Å². The molecule has 40 heavy (non-hydrogen) atoms. The van der Waals surface area contributed by atoms with Crippen molar-refractivity contribution in [1.82, 2.24) is 24.5 Å². The summed E-state index contributed by atoms with van der Waals surface area (Å²) in [5, 5.41) is 13.0. The van der Waals surface area contributed by atoms with Crippen molar-refractivity contribution in [3.05, 3.63) is 60.3 Å². The Morgan fingerprint density at radius 1 is 0.975 bits per heavy atom. The molecule has 210 valence electrons. The molecule has 2 aliphatic rings. The molecule has 0 aliphatic carbocycles. The minimum absolute atomic E-state index is 0.0108. The lowest BCUT2D eigenvalue weighted by molar-refractivity contribution is 0.240. The van der Waals surface area contributed by atoms with Gasteiger partial charge in [0, 0.05) is 50.0 Å². The van der Waals surface area contributed by atoms with E-state index in [-0.39, 0.29) is 35.6 Å². The number of piperidine rings is 2. The van der Waals surface area contributed by atoms with Gasteiger partial charge in [0.25, 0.3) is 0 Å². The van der Waals surface area contributed by atoms with Gasteiger partial charge in [-0.25, -0.2) is 28.7 Å². The molecule has 0 unspecified atom stereocenters. The zero-order valence-corrected chi connectivity index (χ0v) is 22.6. The number of aliphatic hydroxyl groups excluding tert-OH is 1. The van der Waals surface area contributed by atoms with E-state index < -0.39 is 11.6 Å². The molecule has 4 aromatic rings. The average molecular weight is 549 g/mol. The van der Waals surface area contributed by atoms with Gasteiger partial charge in [-0.15, -0.1) is 0 Å². The quantitative estimate of drug-likeness (QED) is 0.333. The fraction of sp³-hybridized carbons (Fsp3) is 0.448. The summed E-state index contributed by atoms with van der Waals surface area (Å²) >= 11 is 0. The highest BCUT2D eigenvalue weighted by atomic mass is 19.1. The van der Waals surface area contributed by atoms with Crippen LogP contribution in [-0.4, -0.2) is 61.9 Å². The summed E-state index contributed by atoms with van der Waals surface area (Å²) in [6, 6.07) is 4.97. The van der Waals surface area contributed by atoms with E-state index in [4.69, 9.17) is 0 Å². The second-order valence-corrected chi connectivity index (χ2v) is 10.6. The van der Waals surface area contributed by atoms with E-state index >= 15 is 8.78 Å². The Labute approximate surface area is 231 Å². The van der Waals surface area contributed by atoms with Gasteiger partial charge in [-0.2, -0.15) is 0 Å². The fourth-order valence-electron chi connectivity index (χ4n) is 5.89. The summed E-state index contributed by atoms with van der Waals surface area (Å²) in [4.78, 5) is 21.9. The molecule has 1 aromatic carbocycles. The van der Waals surface area contributed by atoms with Gasteiger partial charge in [0.2, 0.25) is 5.95 Å². The van der Waals surface area contributed by atoms with Gasteiger partial charge in [-0.1, -0.05) is 6.92 Å². The van der Waals surface area contributed by atoms with Crippen LogP contribution < -0.4 is 15.1 Å². The van der Waals surface area contributed by atoms with Crippen LogP contribution in [0.4, 0.5) is 31.9 Å². The summed E-state index contributed by atoms with van der Waals surface area (Å²) in [6.45, 7) is 4.39. The average Bonchev–Trinajstić information content (AvgIpc) is 3.35. The molecule has 6 rings (SSSR count). The van der Waals surface area contributed by atoms with Gasteiger partial charge >= 0.3 is 0 Å². The van der Waals surface area contributed by atoms with Crippen molar-refractivity contribution in [2.45, 2.75) is 57.5 Å². The predicted octanol–water partition coefficient (Wildman–Crippen LogP) is 5.00. The Bertz CT molecular complexity index is 1470. The van der Waals surface area contributed by atoms with Gasteiger partial charge in [-0.3, -0.25) is 0 Å². The third kappa shape index (κ3) is 5.05. The van der Waals surface area contributed by atoms with Crippen molar-refractivity contribution >= 4 is 34.2 Å². The summed E-state index contributed by atoms with van der Waals surface area (Å²) in [6.07, 6.45) is 12.0. The lowest BCUT2D eigenvalue weighted by Gasteiger charge is -2.36. The van der Waals surface area contributed by atoms with Crippen LogP contribution in [0, 0.1) is 11.6 Å². The molecular weight excluding hydrogens is 514 g/mol. The van der Waals surface area contributed by atoms with Crippen LogP contribution in [0.3, 0.4) is 0 Å². The number of benzene rings is 1. The van der Waals surface area contributed by atoms with Gasteiger partial charge < -0.3 is 24.8 Å². The predicted molar refractivity (Wildman–Crippen MR) is 151 cm³/mol. The number of rotatable bonds is 7. The van der Waals surface area contributed by atoms with Crippen LogP contribution in [0.25, 0.3) is 11.0 Å². The second kappa shape index (κ2) is 11.3. The Balaban J connectivity index is 1.20. The van der Waals surface area contributed by atoms with Gasteiger partial charge in [0.1, 0.15) is 23.6 Å². The Kier molecular flexibility index (Phi) is 7.46. The van der Waals surface area contributed by atoms with E-state index in [1.54, 1.807) is 6.07 Å². The van der Waals surface area contributed by atoms with Crippen LogP contribution >= 0.6 is 0 Å². The van der Waals surface area contributed by atoms with E-state index in [0.29, 0.717) is 11.6 Å². The number of hydrogen-bond donors (Lipinski definition) is 2. The summed E-state index contributed by atoms with van der Waals surface area (Å²) in [5.74, 6) is 0.0252. The van der Waals surface area contributed by atoms with Crippen molar-refractivity contribution in [3.63, 3.8) is 0 Å². The van der Waals surface area contributed by atoms with Crippen LogP contribution in [-0.2, 0) is 6.42 Å². The first-order chi connectivity index (χ1) is 19.6. The third-order valence-electron chi connectivity index (χ3n) is 8.18. The molecule has 0 saturated carbocycles. The number of nitrogens with one attached hydrogen (secondary N) is 1. The van der Waals surface area contributed by atoms with Gasteiger partial charge in [0.05, 0.1) is 23.7 Å². The number of anilines is 4. The van der Waals surface area contributed by atoms with Crippen LogP contribution in [0.1, 0.15) is 50.6 Å².